The van der Waals surface area contributed by atoms with Gasteiger partial charge in [0, 0.05) is 27.5 Å². The third kappa shape index (κ3) is 4.65. The van der Waals surface area contributed by atoms with Gasteiger partial charge in [0.1, 0.15) is 11.2 Å². The summed E-state index contributed by atoms with van der Waals surface area (Å²) < 4.78 is 6.08. The Bertz CT molecular complexity index is 2240. The Hall–Kier alpha value is -5.87. The van der Waals surface area contributed by atoms with Gasteiger partial charge in [-0.15, -0.1) is 0 Å². The molecule has 2 heterocycles. The van der Waals surface area contributed by atoms with Crippen molar-refractivity contribution in [3.05, 3.63) is 152 Å². The fourth-order valence-electron chi connectivity index (χ4n) is 5.63. The molecule has 4 nitrogen and oxygen atoms in total. The maximum Gasteiger partial charge on any atom is 0.164 e. The standard InChI is InChI=1S/C39H25N3O/c1-3-12-26(13-4-1)28-16-11-17-29(24-28)31-18-7-8-20-33(31)39-41-37(27-14-5-2-6-15-27)40-38(42-39)30-22-23-36-34(25-30)32-19-9-10-21-35(32)43-36/h1-25H. The molecule has 6 aromatic carbocycles. The van der Waals surface area contributed by atoms with Crippen LogP contribution in [0, 0.1) is 0 Å². The zero-order chi connectivity index (χ0) is 28.6. The first-order valence-electron chi connectivity index (χ1n) is 14.3. The van der Waals surface area contributed by atoms with E-state index in [2.05, 4.69) is 78.9 Å². The zero-order valence-electron chi connectivity index (χ0n) is 23.2. The first-order chi connectivity index (χ1) is 21.3. The number of nitrogens with zero attached hydrogens (tertiary/aromatic N) is 3. The van der Waals surface area contributed by atoms with Crippen molar-refractivity contribution in [3.8, 4) is 56.4 Å². The van der Waals surface area contributed by atoms with Crippen LogP contribution < -0.4 is 0 Å². The largest absolute Gasteiger partial charge is 0.456 e. The molecule has 4 heteroatoms. The Morgan fingerprint density at radius 3 is 1.72 bits per heavy atom. The molecular formula is C39H25N3O. The summed E-state index contributed by atoms with van der Waals surface area (Å²) in [5, 5.41) is 2.11. The number of hydrogen-bond donors (Lipinski definition) is 0. The van der Waals surface area contributed by atoms with E-state index < -0.39 is 0 Å². The van der Waals surface area contributed by atoms with Crippen LogP contribution in [0.1, 0.15) is 0 Å². The molecule has 0 saturated heterocycles. The Kier molecular flexibility index (Phi) is 6.08. The van der Waals surface area contributed by atoms with E-state index in [0.717, 1.165) is 55.3 Å². The topological polar surface area (TPSA) is 51.8 Å². The van der Waals surface area contributed by atoms with E-state index in [1.807, 2.05) is 72.8 Å². The highest BCUT2D eigenvalue weighted by Crippen LogP contribution is 2.36. The lowest BCUT2D eigenvalue weighted by atomic mass is 9.95. The molecule has 0 atom stereocenters. The number of furan rings is 1. The minimum absolute atomic E-state index is 0.615. The predicted molar refractivity (Wildman–Crippen MR) is 174 cm³/mol. The van der Waals surface area contributed by atoms with Crippen LogP contribution in [0.2, 0.25) is 0 Å². The van der Waals surface area contributed by atoms with Crippen LogP contribution in [-0.4, -0.2) is 15.0 Å². The van der Waals surface area contributed by atoms with Gasteiger partial charge in [0.25, 0.3) is 0 Å². The van der Waals surface area contributed by atoms with Gasteiger partial charge in [-0.05, 0) is 52.6 Å². The van der Waals surface area contributed by atoms with Crippen LogP contribution in [0.25, 0.3) is 78.4 Å². The highest BCUT2D eigenvalue weighted by Gasteiger charge is 2.17. The summed E-state index contributed by atoms with van der Waals surface area (Å²) >= 11 is 0. The fraction of sp³-hybridized carbons (Fsp3) is 0. The van der Waals surface area contributed by atoms with Gasteiger partial charge in [0.15, 0.2) is 17.5 Å². The minimum atomic E-state index is 0.615. The maximum absolute atomic E-state index is 6.08. The summed E-state index contributed by atoms with van der Waals surface area (Å²) in [6.07, 6.45) is 0. The number of rotatable bonds is 5. The Morgan fingerprint density at radius 2 is 0.907 bits per heavy atom. The van der Waals surface area contributed by atoms with E-state index in [9.17, 15) is 0 Å². The van der Waals surface area contributed by atoms with Gasteiger partial charge in [-0.3, -0.25) is 0 Å². The summed E-state index contributed by atoms with van der Waals surface area (Å²) in [6, 6.07) is 51.7. The average molecular weight is 552 g/mol. The van der Waals surface area contributed by atoms with Gasteiger partial charge in [-0.25, -0.2) is 15.0 Å². The second-order valence-electron chi connectivity index (χ2n) is 10.5. The number of para-hydroxylation sites is 1. The lowest BCUT2D eigenvalue weighted by Gasteiger charge is -2.13. The Labute approximate surface area is 249 Å². The summed E-state index contributed by atoms with van der Waals surface area (Å²) in [7, 11) is 0. The number of hydrogen-bond acceptors (Lipinski definition) is 4. The molecule has 8 aromatic rings. The molecule has 8 rings (SSSR count). The van der Waals surface area contributed by atoms with E-state index in [1.165, 1.54) is 5.56 Å². The van der Waals surface area contributed by atoms with Gasteiger partial charge in [-0.1, -0.05) is 121 Å². The molecule has 43 heavy (non-hydrogen) atoms. The predicted octanol–water partition coefficient (Wildman–Crippen LogP) is 10.1. The van der Waals surface area contributed by atoms with Crippen molar-refractivity contribution in [2.75, 3.05) is 0 Å². The summed E-state index contributed by atoms with van der Waals surface area (Å²) in [5.74, 6) is 1.87. The first-order valence-corrected chi connectivity index (χ1v) is 14.3. The molecule has 0 unspecified atom stereocenters. The number of fused-ring (bicyclic) bond motifs is 3. The van der Waals surface area contributed by atoms with Crippen molar-refractivity contribution < 1.29 is 4.42 Å². The van der Waals surface area contributed by atoms with Gasteiger partial charge in [-0.2, -0.15) is 0 Å². The Morgan fingerprint density at radius 1 is 0.326 bits per heavy atom. The van der Waals surface area contributed by atoms with Crippen LogP contribution in [-0.2, 0) is 0 Å². The van der Waals surface area contributed by atoms with E-state index in [1.54, 1.807) is 0 Å². The molecule has 0 saturated carbocycles. The van der Waals surface area contributed by atoms with Gasteiger partial charge in [0.05, 0.1) is 0 Å². The van der Waals surface area contributed by atoms with Crippen molar-refractivity contribution in [2.24, 2.45) is 0 Å². The quantitative estimate of drug-likeness (QED) is 0.214. The molecule has 0 radical (unpaired) electrons. The molecule has 0 spiro atoms. The molecule has 0 bridgehead atoms. The maximum atomic E-state index is 6.08. The monoisotopic (exact) mass is 551 g/mol. The van der Waals surface area contributed by atoms with Crippen LogP contribution in [0.4, 0.5) is 0 Å². The smallest absolute Gasteiger partial charge is 0.164 e. The van der Waals surface area contributed by atoms with Crippen LogP contribution in [0.15, 0.2) is 156 Å². The van der Waals surface area contributed by atoms with Gasteiger partial charge in [0.2, 0.25) is 0 Å². The van der Waals surface area contributed by atoms with E-state index in [4.69, 9.17) is 19.4 Å². The van der Waals surface area contributed by atoms with Crippen LogP contribution in [0.5, 0.6) is 0 Å². The number of benzene rings is 6. The van der Waals surface area contributed by atoms with Crippen molar-refractivity contribution in [1.82, 2.24) is 15.0 Å². The minimum Gasteiger partial charge on any atom is -0.456 e. The molecule has 0 aliphatic heterocycles. The second kappa shape index (κ2) is 10.5. The van der Waals surface area contributed by atoms with E-state index in [0.29, 0.717) is 17.5 Å². The lowest BCUT2D eigenvalue weighted by Crippen LogP contribution is -2.01. The highest BCUT2D eigenvalue weighted by atomic mass is 16.3. The van der Waals surface area contributed by atoms with Crippen molar-refractivity contribution in [3.63, 3.8) is 0 Å². The molecule has 0 aliphatic rings. The lowest BCUT2D eigenvalue weighted by molar-refractivity contribution is 0.669. The van der Waals surface area contributed by atoms with Crippen molar-refractivity contribution in [1.29, 1.82) is 0 Å². The third-order valence-electron chi connectivity index (χ3n) is 7.75. The van der Waals surface area contributed by atoms with Crippen molar-refractivity contribution >= 4 is 21.9 Å². The second-order valence-corrected chi connectivity index (χ2v) is 10.5. The van der Waals surface area contributed by atoms with Crippen molar-refractivity contribution in [2.45, 2.75) is 0 Å². The zero-order valence-corrected chi connectivity index (χ0v) is 23.2. The normalized spacial score (nSPS) is 11.3. The van der Waals surface area contributed by atoms with Crippen LogP contribution in [0.3, 0.4) is 0 Å². The summed E-state index contributed by atoms with van der Waals surface area (Å²) in [6.45, 7) is 0. The van der Waals surface area contributed by atoms with Crippen LogP contribution >= 0.6 is 0 Å². The molecule has 0 amide bonds. The SMILES string of the molecule is c1ccc(-c2cccc(-c3ccccc3-c3nc(-c4ccccc4)nc(-c4ccc5oc6ccccc6c5c4)n3)c2)cc1. The number of aromatic nitrogens is 3. The van der Waals surface area contributed by atoms with E-state index in [-0.39, 0.29) is 0 Å². The third-order valence-corrected chi connectivity index (χ3v) is 7.75. The first kappa shape index (κ1) is 24.9. The van der Waals surface area contributed by atoms with E-state index >= 15 is 0 Å². The Balaban J connectivity index is 1.31. The molecule has 0 aliphatic carbocycles. The van der Waals surface area contributed by atoms with Gasteiger partial charge >= 0.3 is 0 Å². The summed E-state index contributed by atoms with van der Waals surface area (Å²) in [4.78, 5) is 15.1. The molecule has 202 valence electrons. The molecular weight excluding hydrogens is 526 g/mol. The fourth-order valence-corrected chi connectivity index (χ4v) is 5.63. The summed E-state index contributed by atoms with van der Waals surface area (Å²) in [5.41, 5.74) is 9.00. The molecule has 0 fully saturated rings. The highest BCUT2D eigenvalue weighted by molar-refractivity contribution is 6.06. The molecule has 2 aromatic heterocycles. The average Bonchev–Trinajstić information content (AvgIpc) is 3.47. The van der Waals surface area contributed by atoms with Gasteiger partial charge < -0.3 is 4.42 Å². The molecule has 0 N–H and O–H groups in total.